The highest BCUT2D eigenvalue weighted by atomic mass is 16.4. The third-order valence-electron chi connectivity index (χ3n) is 2.87. The van der Waals surface area contributed by atoms with Crippen molar-refractivity contribution in [2.45, 2.75) is 13.0 Å². The molecule has 1 amide bonds. The van der Waals surface area contributed by atoms with Crippen LogP contribution in [0.2, 0.25) is 0 Å². The Hall–Kier alpha value is -2.96. The van der Waals surface area contributed by atoms with Crippen LogP contribution in [0.5, 0.6) is 0 Å². The molecule has 1 unspecified atom stereocenters. The first-order chi connectivity index (χ1) is 10.1. The molecule has 21 heavy (non-hydrogen) atoms. The number of aliphatic carboxylic acids is 1. The number of aromatic amines is 1. The van der Waals surface area contributed by atoms with Crippen LogP contribution in [-0.2, 0) is 4.79 Å². The minimum atomic E-state index is -1.09. The lowest BCUT2D eigenvalue weighted by atomic mass is 10.1. The first-order valence-electron chi connectivity index (χ1n) is 6.22. The van der Waals surface area contributed by atoms with Gasteiger partial charge in [-0.25, -0.2) is 4.79 Å². The predicted octanol–water partition coefficient (Wildman–Crippen LogP) is 1.39. The minimum absolute atomic E-state index is 0.222. The van der Waals surface area contributed by atoms with Crippen molar-refractivity contribution >= 4 is 18.0 Å². The standard InChI is InChI=1S/C14H14N4O3/c1-9(11-7-16-17-8-11)18-14(21)12-4-5-15-6-10(12)2-3-13(19)20/h2-9H,1H3,(H,16,17)(H,18,21)(H,19,20)/b3-2+. The summed E-state index contributed by atoms with van der Waals surface area (Å²) in [5, 5.41) is 18.0. The molecule has 0 bridgehead atoms. The third-order valence-corrected chi connectivity index (χ3v) is 2.87. The van der Waals surface area contributed by atoms with Crippen molar-refractivity contribution < 1.29 is 14.7 Å². The van der Waals surface area contributed by atoms with Crippen LogP contribution in [-0.4, -0.2) is 32.2 Å². The van der Waals surface area contributed by atoms with Crippen molar-refractivity contribution in [3.05, 3.63) is 53.6 Å². The van der Waals surface area contributed by atoms with Crippen molar-refractivity contribution in [2.75, 3.05) is 0 Å². The van der Waals surface area contributed by atoms with E-state index in [2.05, 4.69) is 20.5 Å². The fourth-order valence-corrected chi connectivity index (χ4v) is 1.76. The number of H-pyrrole nitrogens is 1. The molecule has 0 aliphatic heterocycles. The van der Waals surface area contributed by atoms with Gasteiger partial charge in [0, 0.05) is 41.4 Å². The van der Waals surface area contributed by atoms with Gasteiger partial charge >= 0.3 is 5.97 Å². The van der Waals surface area contributed by atoms with Gasteiger partial charge in [0.25, 0.3) is 5.91 Å². The summed E-state index contributed by atoms with van der Waals surface area (Å²) in [5.74, 6) is -1.40. The molecule has 0 aliphatic carbocycles. The van der Waals surface area contributed by atoms with Crippen LogP contribution < -0.4 is 5.32 Å². The average Bonchev–Trinajstić information content (AvgIpc) is 2.99. The maximum atomic E-state index is 12.3. The lowest BCUT2D eigenvalue weighted by Gasteiger charge is -2.13. The Morgan fingerprint density at radius 2 is 2.24 bits per heavy atom. The maximum absolute atomic E-state index is 12.3. The van der Waals surface area contributed by atoms with Crippen molar-refractivity contribution in [2.24, 2.45) is 0 Å². The van der Waals surface area contributed by atoms with Crippen LogP contribution in [0.4, 0.5) is 0 Å². The summed E-state index contributed by atoms with van der Waals surface area (Å²) in [6.07, 6.45) is 8.55. The summed E-state index contributed by atoms with van der Waals surface area (Å²) in [6, 6.07) is 1.32. The zero-order chi connectivity index (χ0) is 15.2. The first-order valence-corrected chi connectivity index (χ1v) is 6.22. The second-order valence-electron chi connectivity index (χ2n) is 4.36. The molecule has 0 saturated heterocycles. The number of aromatic nitrogens is 3. The molecule has 0 aromatic carbocycles. The van der Waals surface area contributed by atoms with Crippen LogP contribution >= 0.6 is 0 Å². The molecule has 2 aromatic heterocycles. The Balaban J connectivity index is 2.17. The number of carbonyl (C=O) groups is 2. The summed E-state index contributed by atoms with van der Waals surface area (Å²) in [6.45, 7) is 1.83. The van der Waals surface area contributed by atoms with E-state index < -0.39 is 5.97 Å². The van der Waals surface area contributed by atoms with Gasteiger partial charge in [0.05, 0.1) is 12.2 Å². The van der Waals surface area contributed by atoms with Crippen LogP contribution in [0.15, 0.2) is 36.9 Å². The molecule has 7 heteroatoms. The smallest absolute Gasteiger partial charge is 0.328 e. The highest BCUT2D eigenvalue weighted by Gasteiger charge is 2.14. The van der Waals surface area contributed by atoms with Gasteiger partial charge in [-0.2, -0.15) is 5.10 Å². The molecule has 2 aromatic rings. The summed E-state index contributed by atoms with van der Waals surface area (Å²) in [4.78, 5) is 26.7. The Bertz CT molecular complexity index is 665. The van der Waals surface area contributed by atoms with E-state index in [-0.39, 0.29) is 11.9 Å². The van der Waals surface area contributed by atoms with Gasteiger partial charge in [-0.1, -0.05) is 0 Å². The van der Waals surface area contributed by atoms with E-state index in [1.165, 1.54) is 18.5 Å². The molecule has 1 atom stereocenters. The summed E-state index contributed by atoms with van der Waals surface area (Å²) in [7, 11) is 0. The average molecular weight is 286 g/mol. The Morgan fingerprint density at radius 1 is 1.43 bits per heavy atom. The van der Waals surface area contributed by atoms with Crippen molar-refractivity contribution in [1.82, 2.24) is 20.5 Å². The van der Waals surface area contributed by atoms with E-state index >= 15 is 0 Å². The fourth-order valence-electron chi connectivity index (χ4n) is 1.76. The van der Waals surface area contributed by atoms with E-state index in [0.717, 1.165) is 11.6 Å². The van der Waals surface area contributed by atoms with Crippen molar-refractivity contribution in [1.29, 1.82) is 0 Å². The summed E-state index contributed by atoms with van der Waals surface area (Å²) < 4.78 is 0. The third kappa shape index (κ3) is 3.75. The topological polar surface area (TPSA) is 108 Å². The summed E-state index contributed by atoms with van der Waals surface area (Å²) >= 11 is 0. The minimum Gasteiger partial charge on any atom is -0.478 e. The number of nitrogens with one attached hydrogen (secondary N) is 2. The molecule has 0 radical (unpaired) electrons. The number of pyridine rings is 1. The number of carboxylic acid groups (broad SMARTS) is 1. The van der Waals surface area contributed by atoms with Gasteiger partial charge in [-0.3, -0.25) is 14.9 Å². The van der Waals surface area contributed by atoms with E-state index in [9.17, 15) is 9.59 Å². The molecule has 3 N–H and O–H groups in total. The number of nitrogens with zero attached hydrogens (tertiary/aromatic N) is 2. The van der Waals surface area contributed by atoms with Gasteiger partial charge in [-0.05, 0) is 19.1 Å². The monoisotopic (exact) mass is 286 g/mol. The Labute approximate surface area is 120 Å². The quantitative estimate of drug-likeness (QED) is 0.720. The lowest BCUT2D eigenvalue weighted by molar-refractivity contribution is -0.131. The number of amides is 1. The second kappa shape index (κ2) is 6.47. The molecule has 0 aliphatic rings. The Kier molecular flexibility index (Phi) is 4.45. The zero-order valence-corrected chi connectivity index (χ0v) is 11.3. The zero-order valence-electron chi connectivity index (χ0n) is 11.3. The number of hydrogen-bond donors (Lipinski definition) is 3. The summed E-state index contributed by atoms with van der Waals surface area (Å²) in [5.41, 5.74) is 1.65. The lowest BCUT2D eigenvalue weighted by Crippen LogP contribution is -2.27. The molecule has 0 spiro atoms. The molecule has 108 valence electrons. The molecule has 7 nitrogen and oxygen atoms in total. The largest absolute Gasteiger partial charge is 0.478 e. The van der Waals surface area contributed by atoms with Gasteiger partial charge < -0.3 is 10.4 Å². The molecule has 0 fully saturated rings. The van der Waals surface area contributed by atoms with E-state index in [0.29, 0.717) is 11.1 Å². The van der Waals surface area contributed by atoms with Crippen LogP contribution in [0.3, 0.4) is 0 Å². The fraction of sp³-hybridized carbons (Fsp3) is 0.143. The predicted molar refractivity (Wildman–Crippen MR) is 75.4 cm³/mol. The van der Waals surface area contributed by atoms with Gasteiger partial charge in [0.2, 0.25) is 0 Å². The van der Waals surface area contributed by atoms with E-state index in [1.54, 1.807) is 18.5 Å². The van der Waals surface area contributed by atoms with Crippen LogP contribution in [0.25, 0.3) is 6.08 Å². The molecular formula is C14H14N4O3. The van der Waals surface area contributed by atoms with Crippen molar-refractivity contribution in [3.8, 4) is 0 Å². The SMILES string of the molecule is CC(NC(=O)c1ccncc1/C=C/C(=O)O)c1cn[nH]c1. The Morgan fingerprint density at radius 3 is 2.90 bits per heavy atom. The molecule has 0 saturated carbocycles. The maximum Gasteiger partial charge on any atom is 0.328 e. The normalized spacial score (nSPS) is 12.2. The van der Waals surface area contributed by atoms with Gasteiger partial charge in [0.1, 0.15) is 0 Å². The molecular weight excluding hydrogens is 272 g/mol. The van der Waals surface area contributed by atoms with E-state index in [1.807, 2.05) is 6.92 Å². The van der Waals surface area contributed by atoms with Gasteiger partial charge in [0.15, 0.2) is 0 Å². The number of hydrogen-bond acceptors (Lipinski definition) is 4. The number of carbonyl (C=O) groups excluding carboxylic acids is 1. The highest BCUT2D eigenvalue weighted by Crippen LogP contribution is 2.13. The first kappa shape index (κ1) is 14.4. The van der Waals surface area contributed by atoms with Crippen molar-refractivity contribution in [3.63, 3.8) is 0 Å². The molecule has 2 rings (SSSR count). The van der Waals surface area contributed by atoms with Crippen LogP contribution in [0.1, 0.15) is 34.5 Å². The number of carboxylic acids is 1. The van der Waals surface area contributed by atoms with E-state index in [4.69, 9.17) is 5.11 Å². The van der Waals surface area contributed by atoms with Gasteiger partial charge in [-0.15, -0.1) is 0 Å². The molecule has 2 heterocycles. The number of rotatable bonds is 5. The van der Waals surface area contributed by atoms with Crippen LogP contribution in [0, 0.1) is 0 Å². The second-order valence-corrected chi connectivity index (χ2v) is 4.36. The highest BCUT2D eigenvalue weighted by molar-refractivity contribution is 5.98.